The van der Waals surface area contributed by atoms with E-state index in [0.717, 1.165) is 12.8 Å². The molecule has 0 radical (unpaired) electrons. The molecule has 2 aromatic carbocycles. The van der Waals surface area contributed by atoms with Gasteiger partial charge in [-0.2, -0.15) is 0 Å². The average molecular weight is 418 g/mol. The van der Waals surface area contributed by atoms with E-state index in [1.54, 1.807) is 29.2 Å². The lowest BCUT2D eigenvalue weighted by Crippen LogP contribution is -2.39. The van der Waals surface area contributed by atoms with Crippen LogP contribution in [0.25, 0.3) is 0 Å². The van der Waals surface area contributed by atoms with Crippen molar-refractivity contribution < 1.29 is 23.8 Å². The molecule has 1 amide bonds. The van der Waals surface area contributed by atoms with Crippen molar-refractivity contribution in [2.45, 2.75) is 31.7 Å². The summed E-state index contributed by atoms with van der Waals surface area (Å²) in [6, 6.07) is 14.5. The Morgan fingerprint density at radius 1 is 1.00 bits per heavy atom. The minimum atomic E-state index is -0.369. The second-order valence-electron chi connectivity index (χ2n) is 6.80. The smallest absolute Gasteiger partial charge is 0.306 e. The van der Waals surface area contributed by atoms with E-state index >= 15 is 0 Å². The highest BCUT2D eigenvalue weighted by Gasteiger charge is 2.29. The fourth-order valence-corrected chi connectivity index (χ4v) is 3.35. The lowest BCUT2D eigenvalue weighted by Gasteiger charge is -2.24. The summed E-state index contributed by atoms with van der Waals surface area (Å²) in [6.45, 7) is 1.11. The molecule has 0 spiro atoms. The quantitative estimate of drug-likeness (QED) is 0.593. The molecule has 7 heteroatoms. The maximum atomic E-state index is 12.4. The molecule has 1 atom stereocenters. The number of carbonyl (C=O) groups is 2. The maximum Gasteiger partial charge on any atom is 0.306 e. The molecule has 1 saturated heterocycles. The van der Waals surface area contributed by atoms with Crippen LogP contribution in [0.4, 0.5) is 0 Å². The molecule has 0 aromatic heterocycles. The minimum Gasteiger partial charge on any atom is -0.491 e. The lowest BCUT2D eigenvalue weighted by molar-refractivity contribution is -0.143. The van der Waals surface area contributed by atoms with Crippen LogP contribution in [-0.4, -0.2) is 43.1 Å². The van der Waals surface area contributed by atoms with Gasteiger partial charge in [-0.3, -0.25) is 9.59 Å². The van der Waals surface area contributed by atoms with E-state index in [1.807, 2.05) is 24.3 Å². The summed E-state index contributed by atoms with van der Waals surface area (Å²) < 4.78 is 16.2. The fraction of sp³-hybridized carbons (Fsp3) is 0.364. The van der Waals surface area contributed by atoms with Crippen LogP contribution in [0, 0.1) is 0 Å². The summed E-state index contributed by atoms with van der Waals surface area (Å²) in [4.78, 5) is 25.4. The van der Waals surface area contributed by atoms with Crippen LogP contribution in [0.5, 0.6) is 17.2 Å². The number of methoxy groups -OCH3 is 1. The highest BCUT2D eigenvalue weighted by atomic mass is 35.5. The molecule has 1 fully saturated rings. The minimum absolute atomic E-state index is 0.0186. The first-order valence-corrected chi connectivity index (χ1v) is 9.95. The molecule has 154 valence electrons. The van der Waals surface area contributed by atoms with Gasteiger partial charge >= 0.3 is 5.97 Å². The number of rotatable bonds is 8. The summed E-state index contributed by atoms with van der Waals surface area (Å²) >= 11 is 5.87. The summed E-state index contributed by atoms with van der Waals surface area (Å²) in [6.07, 6.45) is 2.10. The van der Waals surface area contributed by atoms with E-state index in [0.29, 0.717) is 35.4 Å². The van der Waals surface area contributed by atoms with Crippen molar-refractivity contribution in [1.29, 1.82) is 0 Å². The summed E-state index contributed by atoms with van der Waals surface area (Å²) in [5.74, 6) is 1.71. The molecule has 3 rings (SSSR count). The summed E-state index contributed by atoms with van der Waals surface area (Å²) in [5, 5.41) is 0.658. The number of halogens is 1. The van der Waals surface area contributed by atoms with Crippen LogP contribution in [0.1, 0.15) is 25.7 Å². The van der Waals surface area contributed by atoms with Gasteiger partial charge in [-0.1, -0.05) is 11.6 Å². The monoisotopic (exact) mass is 417 g/mol. The number of esters is 1. The number of nitrogens with zero attached hydrogens (tertiary/aromatic N) is 1. The summed E-state index contributed by atoms with van der Waals surface area (Å²) in [7, 11) is 1.32. The van der Waals surface area contributed by atoms with Crippen LogP contribution in [0.3, 0.4) is 0 Å². The van der Waals surface area contributed by atoms with Crippen LogP contribution in [0.2, 0.25) is 5.02 Å². The van der Waals surface area contributed by atoms with Crippen molar-refractivity contribution in [2.24, 2.45) is 0 Å². The molecule has 1 unspecified atom stereocenters. The Bertz CT molecular complexity index is 822. The Hall–Kier alpha value is -2.73. The molecular formula is C22H24ClNO5. The first kappa shape index (κ1) is 21.0. The van der Waals surface area contributed by atoms with E-state index in [-0.39, 0.29) is 30.8 Å². The third kappa shape index (κ3) is 6.12. The Morgan fingerprint density at radius 3 is 2.28 bits per heavy atom. The molecule has 2 aromatic rings. The fourth-order valence-electron chi connectivity index (χ4n) is 3.23. The Labute approximate surface area is 175 Å². The Morgan fingerprint density at radius 2 is 1.62 bits per heavy atom. The molecule has 6 nitrogen and oxygen atoms in total. The zero-order valence-electron chi connectivity index (χ0n) is 16.3. The Kier molecular flexibility index (Phi) is 7.36. The van der Waals surface area contributed by atoms with Gasteiger partial charge in [0, 0.05) is 18.0 Å². The number of benzene rings is 2. The Balaban J connectivity index is 1.49. The van der Waals surface area contributed by atoms with Crippen LogP contribution in [0.15, 0.2) is 48.5 Å². The number of hydrogen-bond acceptors (Lipinski definition) is 5. The third-order valence-corrected chi connectivity index (χ3v) is 5.04. The van der Waals surface area contributed by atoms with Crippen molar-refractivity contribution in [3.63, 3.8) is 0 Å². The highest BCUT2D eigenvalue weighted by molar-refractivity contribution is 6.30. The normalized spacial score (nSPS) is 15.8. The van der Waals surface area contributed by atoms with Crippen LogP contribution < -0.4 is 9.47 Å². The van der Waals surface area contributed by atoms with Gasteiger partial charge in [0.25, 0.3) is 0 Å². The molecule has 1 aliphatic heterocycles. The largest absolute Gasteiger partial charge is 0.491 e. The van der Waals surface area contributed by atoms with E-state index < -0.39 is 0 Å². The third-order valence-electron chi connectivity index (χ3n) is 4.78. The predicted octanol–water partition coefficient (Wildman–Crippen LogP) is 4.46. The van der Waals surface area contributed by atoms with Gasteiger partial charge in [-0.05, 0) is 61.4 Å². The SMILES string of the molecule is COC(=O)CCC(=O)N1CCCC1COc1ccc(Oc2ccc(Cl)cc2)cc1. The van der Waals surface area contributed by atoms with Crippen molar-refractivity contribution in [3.8, 4) is 17.2 Å². The average Bonchev–Trinajstić information content (AvgIpc) is 3.21. The zero-order valence-corrected chi connectivity index (χ0v) is 17.1. The first-order valence-electron chi connectivity index (χ1n) is 9.58. The van der Waals surface area contributed by atoms with E-state index in [9.17, 15) is 9.59 Å². The standard InChI is InChI=1S/C22H24ClNO5/c1-27-22(26)13-12-21(25)24-14-2-3-17(24)15-28-18-8-10-20(11-9-18)29-19-6-4-16(23)5-7-19/h4-11,17H,2-3,12-15H2,1H3. The van der Waals surface area contributed by atoms with Crippen molar-refractivity contribution in [3.05, 3.63) is 53.6 Å². The molecule has 0 saturated carbocycles. The molecule has 0 N–H and O–H groups in total. The predicted molar refractivity (Wildman–Crippen MR) is 109 cm³/mol. The molecule has 0 aliphatic carbocycles. The van der Waals surface area contributed by atoms with E-state index in [4.69, 9.17) is 21.1 Å². The molecule has 1 heterocycles. The van der Waals surface area contributed by atoms with Gasteiger partial charge in [-0.25, -0.2) is 0 Å². The van der Waals surface area contributed by atoms with E-state index in [1.165, 1.54) is 7.11 Å². The topological polar surface area (TPSA) is 65.1 Å². The lowest BCUT2D eigenvalue weighted by atomic mass is 10.2. The molecule has 1 aliphatic rings. The number of carbonyl (C=O) groups excluding carboxylic acids is 2. The maximum absolute atomic E-state index is 12.4. The van der Waals surface area contributed by atoms with Gasteiger partial charge in [0.05, 0.1) is 19.6 Å². The van der Waals surface area contributed by atoms with Crippen LogP contribution >= 0.6 is 11.6 Å². The van der Waals surface area contributed by atoms with Crippen molar-refractivity contribution in [1.82, 2.24) is 4.90 Å². The second-order valence-corrected chi connectivity index (χ2v) is 7.23. The second kappa shape index (κ2) is 10.2. The van der Waals surface area contributed by atoms with E-state index in [2.05, 4.69) is 4.74 Å². The zero-order chi connectivity index (χ0) is 20.6. The number of amides is 1. The van der Waals surface area contributed by atoms with Crippen LogP contribution in [-0.2, 0) is 14.3 Å². The van der Waals surface area contributed by atoms with Gasteiger partial charge in [-0.15, -0.1) is 0 Å². The summed E-state index contributed by atoms with van der Waals surface area (Å²) in [5.41, 5.74) is 0. The number of hydrogen-bond donors (Lipinski definition) is 0. The first-order chi connectivity index (χ1) is 14.0. The number of likely N-dealkylation sites (tertiary alicyclic amines) is 1. The molecular weight excluding hydrogens is 394 g/mol. The molecule has 29 heavy (non-hydrogen) atoms. The van der Waals surface area contributed by atoms with Gasteiger partial charge in [0.1, 0.15) is 23.9 Å². The van der Waals surface area contributed by atoms with Gasteiger partial charge < -0.3 is 19.1 Å². The van der Waals surface area contributed by atoms with Crippen molar-refractivity contribution in [2.75, 3.05) is 20.3 Å². The highest BCUT2D eigenvalue weighted by Crippen LogP contribution is 2.26. The van der Waals surface area contributed by atoms with Gasteiger partial charge in [0.15, 0.2) is 0 Å². The van der Waals surface area contributed by atoms with Gasteiger partial charge in [0.2, 0.25) is 5.91 Å². The molecule has 0 bridgehead atoms. The number of ether oxygens (including phenoxy) is 3. The van der Waals surface area contributed by atoms with Crippen molar-refractivity contribution >= 4 is 23.5 Å².